The van der Waals surface area contributed by atoms with Crippen molar-refractivity contribution >= 4 is 28.2 Å². The summed E-state index contributed by atoms with van der Waals surface area (Å²) in [5, 5.41) is 19.5. The van der Waals surface area contributed by atoms with Gasteiger partial charge in [-0.2, -0.15) is 20.4 Å². The monoisotopic (exact) mass is 596 g/mol. The number of fused-ring (bicyclic) bond motifs is 5. The van der Waals surface area contributed by atoms with E-state index in [1.54, 1.807) is 56.9 Å². The van der Waals surface area contributed by atoms with Crippen molar-refractivity contribution in [2.24, 2.45) is 0 Å². The maximum atomic E-state index is 4.08. The molecule has 0 bridgehead atoms. The van der Waals surface area contributed by atoms with Gasteiger partial charge in [0.15, 0.2) is 22.6 Å². The topological polar surface area (TPSA) is 164 Å². The quantitative estimate of drug-likeness (QED) is 0.253. The molecule has 45 heavy (non-hydrogen) atoms. The van der Waals surface area contributed by atoms with Gasteiger partial charge in [-0.15, -0.1) is 9.73 Å². The molecule has 0 spiro atoms. The Morgan fingerprint density at radius 2 is 0.978 bits per heavy atom. The normalized spacial score (nSPS) is 10.2. The van der Waals surface area contributed by atoms with Crippen LogP contribution in [0.2, 0.25) is 0 Å². The second kappa shape index (κ2) is 14.3. The lowest BCUT2D eigenvalue weighted by Gasteiger charge is -1.86. The van der Waals surface area contributed by atoms with Crippen LogP contribution >= 0.6 is 0 Å². The molecule has 0 aromatic carbocycles. The molecule has 0 aliphatic rings. The Bertz CT molecular complexity index is 1800. The first-order valence-electron chi connectivity index (χ1n) is 13.4. The van der Waals surface area contributed by atoms with Crippen LogP contribution in [0.5, 0.6) is 0 Å². The molecule has 0 saturated carbocycles. The molecule has 10 aromatic rings. The van der Waals surface area contributed by atoms with Gasteiger partial charge in [0, 0.05) is 62.0 Å². The highest BCUT2D eigenvalue weighted by molar-refractivity contribution is 5.37. The molecule has 16 nitrogen and oxygen atoms in total. The second-order valence-corrected chi connectivity index (χ2v) is 8.68. The van der Waals surface area contributed by atoms with Crippen molar-refractivity contribution in [2.45, 2.75) is 0 Å². The molecule has 10 rings (SSSR count). The average Bonchev–Trinajstić information content (AvgIpc) is 3.95. The molecule has 0 aliphatic carbocycles. The first-order valence-corrected chi connectivity index (χ1v) is 13.4. The van der Waals surface area contributed by atoms with Crippen LogP contribution in [-0.4, -0.2) is 78.0 Å². The van der Waals surface area contributed by atoms with E-state index in [0.29, 0.717) is 0 Å². The van der Waals surface area contributed by atoms with Gasteiger partial charge in [-0.25, -0.2) is 38.5 Å². The fraction of sp³-hybridized carbons (Fsp3) is 0. The first-order chi connectivity index (χ1) is 22.3. The van der Waals surface area contributed by atoms with E-state index in [2.05, 4.69) is 55.4 Å². The Kier molecular flexibility index (Phi) is 8.93. The molecule has 0 fully saturated rings. The predicted octanol–water partition coefficient (Wildman–Crippen LogP) is 3.04. The highest BCUT2D eigenvalue weighted by Crippen LogP contribution is 1.97. The van der Waals surface area contributed by atoms with Crippen molar-refractivity contribution in [3.05, 3.63) is 148 Å². The minimum absolute atomic E-state index is 0.775. The van der Waals surface area contributed by atoms with Crippen LogP contribution in [0.3, 0.4) is 0 Å². The third kappa shape index (κ3) is 7.46. The molecule has 0 aliphatic heterocycles. The maximum absolute atomic E-state index is 4.08. The number of aromatic nitrogens is 16. The third-order valence-corrected chi connectivity index (χ3v) is 5.81. The van der Waals surface area contributed by atoms with Gasteiger partial charge in [0.05, 0.1) is 6.20 Å². The molecule has 220 valence electrons. The minimum Gasteiger partial charge on any atom is -0.307 e. The molecule has 0 unspecified atom stereocenters. The molecular formula is C29H24N16. The van der Waals surface area contributed by atoms with Gasteiger partial charge < -0.3 is 4.40 Å². The number of rotatable bonds is 0. The highest BCUT2D eigenvalue weighted by atomic mass is 15.4. The summed E-state index contributed by atoms with van der Waals surface area (Å²) in [7, 11) is 0. The molecular weight excluding hydrogens is 572 g/mol. The van der Waals surface area contributed by atoms with Gasteiger partial charge in [-0.1, -0.05) is 12.1 Å². The predicted molar refractivity (Wildman–Crippen MR) is 163 cm³/mol. The van der Waals surface area contributed by atoms with Crippen LogP contribution in [0.1, 0.15) is 0 Å². The SMILES string of the molecule is c1ccn2ccnc2c1.c1ccn2ncnc2c1.c1cn2ncnc2cn1.c1cnn2ccnc2c1.c1cnn2ncnc2c1. The van der Waals surface area contributed by atoms with Crippen molar-refractivity contribution in [1.82, 2.24) is 78.0 Å². The van der Waals surface area contributed by atoms with Crippen LogP contribution < -0.4 is 0 Å². The summed E-state index contributed by atoms with van der Waals surface area (Å²) in [6.45, 7) is 0. The smallest absolute Gasteiger partial charge is 0.175 e. The lowest BCUT2D eigenvalue weighted by atomic mass is 10.5. The summed E-state index contributed by atoms with van der Waals surface area (Å²) in [5.41, 5.74) is 4.32. The lowest BCUT2D eigenvalue weighted by molar-refractivity contribution is 0.799. The summed E-state index contributed by atoms with van der Waals surface area (Å²) in [6.07, 6.45) is 24.1. The zero-order valence-corrected chi connectivity index (χ0v) is 23.5. The van der Waals surface area contributed by atoms with Gasteiger partial charge in [-0.05, 0) is 48.5 Å². The molecule has 0 atom stereocenters. The number of hydrogen-bond donors (Lipinski definition) is 0. The number of imidazole rings is 2. The van der Waals surface area contributed by atoms with Crippen molar-refractivity contribution in [3.8, 4) is 0 Å². The molecule has 0 amide bonds. The van der Waals surface area contributed by atoms with E-state index in [1.165, 1.54) is 23.6 Å². The summed E-state index contributed by atoms with van der Waals surface area (Å²) < 4.78 is 8.55. The zero-order chi connectivity index (χ0) is 30.5. The summed E-state index contributed by atoms with van der Waals surface area (Å²) in [6, 6.07) is 19.1. The van der Waals surface area contributed by atoms with E-state index in [0.717, 1.165) is 28.2 Å². The van der Waals surface area contributed by atoms with Crippen molar-refractivity contribution in [1.29, 1.82) is 0 Å². The van der Waals surface area contributed by atoms with Gasteiger partial charge >= 0.3 is 0 Å². The van der Waals surface area contributed by atoms with Gasteiger partial charge in [-0.3, -0.25) is 4.98 Å². The van der Waals surface area contributed by atoms with Crippen molar-refractivity contribution in [2.75, 3.05) is 0 Å². The van der Waals surface area contributed by atoms with Crippen LogP contribution in [0.25, 0.3) is 28.2 Å². The summed E-state index contributed by atoms with van der Waals surface area (Å²) in [4.78, 5) is 23.7. The molecule has 0 N–H and O–H groups in total. The van der Waals surface area contributed by atoms with E-state index in [1.807, 2.05) is 89.9 Å². The van der Waals surface area contributed by atoms with Gasteiger partial charge in [0.2, 0.25) is 0 Å². The molecule has 16 heteroatoms. The van der Waals surface area contributed by atoms with Crippen LogP contribution in [-0.2, 0) is 0 Å². The standard InChI is InChI=1S/C7H6N2.2C6H5N3.2C5H4N4/c1-2-5-9-6-4-8-7(9)3-1;1-2-6-7-4-5-9(6)8-3-1;1-2-4-9-6(3-1)7-5-8-9;1-2-9-5(3-6-1)7-4-8-9;1-2-5-6-4-8-9(5)7-3-1/h1-6H;2*1-5H;2*1-4H. The number of hydrogen-bond acceptors (Lipinski definition) is 11. The van der Waals surface area contributed by atoms with Gasteiger partial charge in [0.25, 0.3) is 0 Å². The van der Waals surface area contributed by atoms with Crippen molar-refractivity contribution < 1.29 is 0 Å². The summed E-state index contributed by atoms with van der Waals surface area (Å²) >= 11 is 0. The molecule has 0 radical (unpaired) electrons. The second-order valence-electron chi connectivity index (χ2n) is 8.68. The number of pyridine rings is 2. The maximum Gasteiger partial charge on any atom is 0.175 e. The van der Waals surface area contributed by atoms with E-state index in [-0.39, 0.29) is 0 Å². The van der Waals surface area contributed by atoms with Gasteiger partial charge in [0.1, 0.15) is 24.6 Å². The van der Waals surface area contributed by atoms with Crippen LogP contribution in [0.4, 0.5) is 0 Å². The Hall–Kier alpha value is -6.97. The highest BCUT2D eigenvalue weighted by Gasteiger charge is 1.90. The van der Waals surface area contributed by atoms with E-state index in [9.17, 15) is 0 Å². The van der Waals surface area contributed by atoms with E-state index < -0.39 is 0 Å². The summed E-state index contributed by atoms with van der Waals surface area (Å²) in [5.74, 6) is 0. The Balaban J connectivity index is 0.0000000992. The Labute approximate surface area is 254 Å². The van der Waals surface area contributed by atoms with Crippen LogP contribution in [0, 0.1) is 0 Å². The zero-order valence-electron chi connectivity index (χ0n) is 23.5. The largest absolute Gasteiger partial charge is 0.307 e. The number of nitrogens with zero attached hydrogens (tertiary/aromatic N) is 16. The fourth-order valence-electron chi connectivity index (χ4n) is 3.75. The van der Waals surface area contributed by atoms with E-state index >= 15 is 0 Å². The average molecular weight is 597 g/mol. The lowest BCUT2D eigenvalue weighted by Crippen LogP contribution is -1.89. The first kappa shape index (κ1) is 28.2. The Morgan fingerprint density at radius 3 is 1.78 bits per heavy atom. The molecule has 10 aromatic heterocycles. The molecule has 10 heterocycles. The Morgan fingerprint density at radius 1 is 0.378 bits per heavy atom. The van der Waals surface area contributed by atoms with E-state index in [4.69, 9.17) is 0 Å². The van der Waals surface area contributed by atoms with Crippen LogP contribution in [0.15, 0.2) is 148 Å². The molecule has 0 saturated heterocycles. The fourth-order valence-corrected chi connectivity index (χ4v) is 3.75. The third-order valence-electron chi connectivity index (χ3n) is 5.81. The minimum atomic E-state index is 0.775. The van der Waals surface area contributed by atoms with Crippen molar-refractivity contribution in [3.63, 3.8) is 0 Å².